The minimum Gasteiger partial charge on any atom is -0.503 e. The molecule has 0 radical (unpaired) electrons. The molecule has 3 aromatic carbocycles. The van der Waals surface area contributed by atoms with Crippen molar-refractivity contribution in [3.05, 3.63) is 119 Å². The lowest BCUT2D eigenvalue weighted by Gasteiger charge is -2.26. The second kappa shape index (κ2) is 10.1. The van der Waals surface area contributed by atoms with Crippen LogP contribution in [-0.4, -0.2) is 40.3 Å². The Morgan fingerprint density at radius 2 is 1.92 bits per heavy atom. The third kappa shape index (κ3) is 4.76. The van der Waals surface area contributed by atoms with Crippen molar-refractivity contribution in [3.63, 3.8) is 0 Å². The second-order valence-electron chi connectivity index (χ2n) is 8.80. The smallest absolute Gasteiger partial charge is 0.290 e. The lowest BCUT2D eigenvalue weighted by atomic mass is 9.95. The number of hydrogen-bond acceptors (Lipinski definition) is 4. The molecule has 0 saturated carbocycles. The van der Waals surface area contributed by atoms with E-state index in [2.05, 4.69) is 4.98 Å². The number of nitrogens with zero attached hydrogens (tertiary/aromatic N) is 1. The summed E-state index contributed by atoms with van der Waals surface area (Å²) < 4.78 is 19.5. The number of aliphatic hydroxyl groups excluding tert-OH is 1. The number of H-pyrrole nitrogens is 1. The maximum atomic E-state index is 14.2. The molecule has 2 N–H and O–H groups in total. The molecular weight excluding hydrogens is 471 g/mol. The first-order valence-electron chi connectivity index (χ1n) is 11.9. The van der Waals surface area contributed by atoms with Crippen LogP contribution in [-0.2, 0) is 16.0 Å². The van der Waals surface area contributed by atoms with Crippen molar-refractivity contribution in [3.8, 4) is 5.75 Å². The number of carbonyl (C=O) groups is 2. The molecule has 0 unspecified atom stereocenters. The first-order chi connectivity index (χ1) is 18.0. The number of hydrogen-bond donors (Lipinski definition) is 2. The summed E-state index contributed by atoms with van der Waals surface area (Å²) >= 11 is 0. The van der Waals surface area contributed by atoms with Crippen molar-refractivity contribution < 1.29 is 23.8 Å². The molecule has 5 rings (SSSR count). The van der Waals surface area contributed by atoms with Crippen LogP contribution >= 0.6 is 0 Å². The van der Waals surface area contributed by atoms with Crippen LogP contribution in [0.5, 0.6) is 5.75 Å². The number of ether oxygens (including phenoxy) is 1. The molecule has 2 heterocycles. The third-order valence-corrected chi connectivity index (χ3v) is 6.56. The Hall–Kier alpha value is -4.65. The topological polar surface area (TPSA) is 82.6 Å². The molecular formula is C30H25FN2O4. The number of aromatic nitrogens is 1. The normalized spacial score (nSPS) is 15.8. The van der Waals surface area contributed by atoms with E-state index in [0.29, 0.717) is 17.7 Å². The molecule has 1 amide bonds. The minimum atomic E-state index is -0.920. The lowest BCUT2D eigenvalue weighted by molar-refractivity contribution is -0.129. The molecule has 0 fully saturated rings. The summed E-state index contributed by atoms with van der Waals surface area (Å²) in [6, 6.07) is 19.8. The molecule has 37 heavy (non-hydrogen) atoms. The number of ketones is 1. The summed E-state index contributed by atoms with van der Waals surface area (Å²) in [7, 11) is 1.60. The van der Waals surface area contributed by atoms with Crippen molar-refractivity contribution in [1.29, 1.82) is 0 Å². The molecule has 0 bridgehead atoms. The Morgan fingerprint density at radius 3 is 2.68 bits per heavy atom. The van der Waals surface area contributed by atoms with Gasteiger partial charge in [-0.05, 0) is 59.5 Å². The van der Waals surface area contributed by atoms with Gasteiger partial charge in [-0.25, -0.2) is 4.39 Å². The molecule has 1 aliphatic rings. The highest BCUT2D eigenvalue weighted by atomic mass is 19.1. The van der Waals surface area contributed by atoms with Crippen LogP contribution in [0.3, 0.4) is 0 Å². The van der Waals surface area contributed by atoms with E-state index >= 15 is 0 Å². The van der Waals surface area contributed by atoms with E-state index in [1.807, 2.05) is 54.7 Å². The van der Waals surface area contributed by atoms with Gasteiger partial charge >= 0.3 is 0 Å². The van der Waals surface area contributed by atoms with Crippen molar-refractivity contribution >= 4 is 28.7 Å². The van der Waals surface area contributed by atoms with Crippen LogP contribution in [0, 0.1) is 5.82 Å². The first-order valence-corrected chi connectivity index (χ1v) is 11.9. The predicted molar refractivity (Wildman–Crippen MR) is 140 cm³/mol. The van der Waals surface area contributed by atoms with E-state index in [1.54, 1.807) is 19.3 Å². The van der Waals surface area contributed by atoms with Crippen molar-refractivity contribution in [2.75, 3.05) is 13.7 Å². The van der Waals surface area contributed by atoms with Gasteiger partial charge in [-0.2, -0.15) is 0 Å². The van der Waals surface area contributed by atoms with E-state index < -0.39 is 29.3 Å². The maximum Gasteiger partial charge on any atom is 0.290 e. The highest BCUT2D eigenvalue weighted by Crippen LogP contribution is 2.38. The quantitative estimate of drug-likeness (QED) is 0.314. The minimum absolute atomic E-state index is 0.0663. The van der Waals surface area contributed by atoms with Gasteiger partial charge in [0.05, 0.1) is 18.7 Å². The molecule has 0 aliphatic carbocycles. The molecule has 0 spiro atoms. The molecule has 186 valence electrons. The van der Waals surface area contributed by atoms with Crippen molar-refractivity contribution in [2.45, 2.75) is 12.5 Å². The van der Waals surface area contributed by atoms with Crippen LogP contribution in [0.15, 0.2) is 96.4 Å². The highest BCUT2D eigenvalue weighted by molar-refractivity contribution is 6.14. The van der Waals surface area contributed by atoms with E-state index in [-0.39, 0.29) is 12.1 Å². The van der Waals surface area contributed by atoms with E-state index in [1.165, 1.54) is 29.2 Å². The van der Waals surface area contributed by atoms with Gasteiger partial charge in [-0.15, -0.1) is 0 Å². The van der Waals surface area contributed by atoms with Gasteiger partial charge in [-0.3, -0.25) is 9.59 Å². The van der Waals surface area contributed by atoms with E-state index in [0.717, 1.165) is 22.0 Å². The Morgan fingerprint density at radius 1 is 1.11 bits per heavy atom. The zero-order valence-corrected chi connectivity index (χ0v) is 20.1. The number of aromatic amines is 1. The largest absolute Gasteiger partial charge is 0.503 e. The Kier molecular flexibility index (Phi) is 6.60. The standard InChI is InChI=1S/C30H25FN2O4/c1-37-23-11-12-25-24(17-23)21(18-32-25)14-15-33-28(20-8-5-9-22(31)16-20)27(29(35)30(33)36)26(34)13-10-19-6-3-2-4-7-19/h2-13,16-18,28,32,35H,14-15H2,1H3/b13-10+/t28-/m0/s1. The second-order valence-corrected chi connectivity index (χ2v) is 8.80. The van der Waals surface area contributed by atoms with Crippen LogP contribution in [0.25, 0.3) is 17.0 Å². The summed E-state index contributed by atoms with van der Waals surface area (Å²) in [4.78, 5) is 31.1. The number of benzene rings is 3. The van der Waals surface area contributed by atoms with Crippen LogP contribution in [0.4, 0.5) is 4.39 Å². The van der Waals surface area contributed by atoms with Gasteiger partial charge in [0, 0.05) is 23.6 Å². The average molecular weight is 497 g/mol. The Bertz CT molecular complexity index is 1540. The lowest BCUT2D eigenvalue weighted by Crippen LogP contribution is -2.33. The number of amides is 1. The number of aliphatic hydroxyl groups is 1. The zero-order valence-electron chi connectivity index (χ0n) is 20.1. The summed E-state index contributed by atoms with van der Waals surface area (Å²) in [5, 5.41) is 11.8. The highest BCUT2D eigenvalue weighted by Gasteiger charge is 2.42. The van der Waals surface area contributed by atoms with Gasteiger partial charge in [0.25, 0.3) is 5.91 Å². The fourth-order valence-electron chi connectivity index (χ4n) is 4.72. The Balaban J connectivity index is 1.47. The van der Waals surface area contributed by atoms with Gasteiger partial charge in [0.1, 0.15) is 11.6 Å². The number of halogens is 1. The molecule has 0 saturated heterocycles. The summed E-state index contributed by atoms with van der Waals surface area (Å²) in [6.45, 7) is 0.202. The fraction of sp³-hybridized carbons (Fsp3) is 0.133. The number of carbonyl (C=O) groups excluding carboxylic acids is 2. The summed E-state index contributed by atoms with van der Waals surface area (Å²) in [5.41, 5.74) is 3.02. The van der Waals surface area contributed by atoms with E-state index in [4.69, 9.17) is 4.74 Å². The maximum absolute atomic E-state index is 14.2. The number of rotatable bonds is 8. The monoisotopic (exact) mass is 496 g/mol. The van der Waals surface area contributed by atoms with Crippen molar-refractivity contribution in [2.24, 2.45) is 0 Å². The SMILES string of the molecule is COc1ccc2[nH]cc(CCN3C(=O)C(O)=C(C(=O)/C=C/c4ccccc4)[C@@H]3c3cccc(F)c3)c2c1. The molecule has 1 aliphatic heterocycles. The number of fused-ring (bicyclic) bond motifs is 1. The first kappa shape index (κ1) is 24.1. The van der Waals surface area contributed by atoms with Crippen LogP contribution < -0.4 is 4.74 Å². The van der Waals surface area contributed by atoms with Gasteiger partial charge in [-0.1, -0.05) is 48.5 Å². The van der Waals surface area contributed by atoms with Crippen LogP contribution in [0.1, 0.15) is 22.7 Å². The summed E-state index contributed by atoms with van der Waals surface area (Å²) in [5.74, 6) is -1.57. The van der Waals surface area contributed by atoms with Crippen LogP contribution in [0.2, 0.25) is 0 Å². The fourth-order valence-corrected chi connectivity index (χ4v) is 4.72. The molecule has 1 atom stereocenters. The number of allylic oxidation sites excluding steroid dienone is 1. The zero-order chi connectivity index (χ0) is 25.9. The molecule has 4 aromatic rings. The van der Waals surface area contributed by atoms with Gasteiger partial charge in [0.15, 0.2) is 11.5 Å². The van der Waals surface area contributed by atoms with E-state index in [9.17, 15) is 19.1 Å². The average Bonchev–Trinajstić information content (AvgIpc) is 3.44. The molecule has 1 aromatic heterocycles. The van der Waals surface area contributed by atoms with Crippen molar-refractivity contribution in [1.82, 2.24) is 9.88 Å². The Labute approximate surface area is 213 Å². The third-order valence-electron chi connectivity index (χ3n) is 6.56. The van der Waals surface area contributed by atoms with Gasteiger partial charge in [0.2, 0.25) is 0 Å². The molecule has 7 heteroatoms. The number of nitrogens with one attached hydrogen (secondary N) is 1. The summed E-state index contributed by atoms with van der Waals surface area (Å²) in [6.07, 6.45) is 5.26. The number of methoxy groups -OCH3 is 1. The van der Waals surface area contributed by atoms with Gasteiger partial charge < -0.3 is 19.7 Å². The molecule has 6 nitrogen and oxygen atoms in total. The predicted octanol–water partition coefficient (Wildman–Crippen LogP) is 5.54.